The van der Waals surface area contributed by atoms with Gasteiger partial charge in [0.1, 0.15) is 0 Å². The van der Waals surface area contributed by atoms with Crippen LogP contribution in [0.1, 0.15) is 36.6 Å². The van der Waals surface area contributed by atoms with Gasteiger partial charge in [0.15, 0.2) is 0 Å². The lowest BCUT2D eigenvalue weighted by Crippen LogP contribution is -2.38. The number of methoxy groups -OCH3 is 1. The van der Waals surface area contributed by atoms with Gasteiger partial charge in [0, 0.05) is 6.04 Å². The molecule has 0 saturated carbocycles. The molecule has 10 heteroatoms. The second-order valence-electron chi connectivity index (χ2n) is 5.49. The van der Waals surface area contributed by atoms with E-state index in [0.29, 0.717) is 12.1 Å². The predicted octanol–water partition coefficient (Wildman–Crippen LogP) is 4.35. The minimum absolute atomic E-state index is 0. The molecule has 0 aliphatic rings. The van der Waals surface area contributed by atoms with Crippen LogP contribution in [0.15, 0.2) is 18.2 Å². The molecule has 3 nitrogen and oxygen atoms in total. The molecular formula is C14H16ClF6NO2. The van der Waals surface area contributed by atoms with E-state index in [4.69, 9.17) is 5.73 Å². The van der Waals surface area contributed by atoms with Crippen molar-refractivity contribution in [2.45, 2.75) is 32.2 Å². The molecule has 0 bridgehead atoms. The summed E-state index contributed by atoms with van der Waals surface area (Å²) >= 11 is 0. The van der Waals surface area contributed by atoms with Crippen LogP contribution >= 0.6 is 12.4 Å². The Morgan fingerprint density at radius 2 is 1.58 bits per heavy atom. The summed E-state index contributed by atoms with van der Waals surface area (Å²) in [4.78, 5) is 11.7. The lowest BCUT2D eigenvalue weighted by atomic mass is 9.79. The van der Waals surface area contributed by atoms with Gasteiger partial charge in [-0.3, -0.25) is 4.79 Å². The van der Waals surface area contributed by atoms with Gasteiger partial charge in [-0.1, -0.05) is 6.07 Å². The van der Waals surface area contributed by atoms with E-state index in [1.807, 2.05) is 0 Å². The van der Waals surface area contributed by atoms with Crippen LogP contribution in [0.5, 0.6) is 0 Å². The van der Waals surface area contributed by atoms with Gasteiger partial charge in [0.25, 0.3) is 0 Å². The Hall–Kier alpha value is -1.48. The molecule has 0 saturated heterocycles. The Balaban J connectivity index is 0.00000529. The van der Waals surface area contributed by atoms with E-state index >= 15 is 0 Å². The number of ether oxygens (including phenoxy) is 1. The smallest absolute Gasteiger partial charge is 0.416 e. The molecular weight excluding hydrogens is 364 g/mol. The Kier molecular flexibility index (Phi) is 6.74. The highest BCUT2D eigenvalue weighted by Gasteiger charge is 2.43. The Morgan fingerprint density at radius 1 is 1.08 bits per heavy atom. The number of hydrogen-bond acceptors (Lipinski definition) is 3. The number of nitrogens with two attached hydrogens (primary N) is 1. The fourth-order valence-corrected chi connectivity index (χ4v) is 2.03. The summed E-state index contributed by atoms with van der Waals surface area (Å²) in [7, 11) is 1.04. The molecule has 0 aliphatic heterocycles. The van der Waals surface area contributed by atoms with Crippen molar-refractivity contribution >= 4 is 18.4 Å². The molecule has 1 aromatic carbocycles. The lowest BCUT2D eigenvalue weighted by Gasteiger charge is -2.31. The van der Waals surface area contributed by atoms with E-state index < -0.39 is 46.5 Å². The van der Waals surface area contributed by atoms with Crippen molar-refractivity contribution in [1.29, 1.82) is 0 Å². The van der Waals surface area contributed by atoms with Gasteiger partial charge in [-0.05, 0) is 31.5 Å². The standard InChI is InChI=1S/C14H15F6NO2.ClH/c1-12(2,11(22)23-3)10(21)8-5-4-7(13(15,16)17)6-9(8)14(18,19)20;/h4-6,10H,21H2,1-3H3;1H/t10-;/m1./s1. The summed E-state index contributed by atoms with van der Waals surface area (Å²) < 4.78 is 81.7. The first kappa shape index (κ1) is 22.5. The van der Waals surface area contributed by atoms with Gasteiger partial charge in [-0.25, -0.2) is 0 Å². The highest BCUT2D eigenvalue weighted by molar-refractivity contribution is 5.85. The van der Waals surface area contributed by atoms with Crippen molar-refractivity contribution in [3.63, 3.8) is 0 Å². The molecule has 138 valence electrons. The molecule has 0 unspecified atom stereocenters. The predicted molar refractivity (Wildman–Crippen MR) is 76.4 cm³/mol. The van der Waals surface area contributed by atoms with Crippen molar-refractivity contribution in [2.24, 2.45) is 11.1 Å². The maximum absolute atomic E-state index is 13.1. The van der Waals surface area contributed by atoms with Crippen molar-refractivity contribution < 1.29 is 35.9 Å². The molecule has 0 heterocycles. The topological polar surface area (TPSA) is 52.3 Å². The summed E-state index contributed by atoms with van der Waals surface area (Å²) in [5.41, 5.74) is 0.574. The van der Waals surface area contributed by atoms with E-state index in [2.05, 4.69) is 4.74 Å². The third kappa shape index (κ3) is 4.54. The third-order valence-electron chi connectivity index (χ3n) is 3.51. The molecule has 0 aromatic heterocycles. The quantitative estimate of drug-likeness (QED) is 0.627. The van der Waals surface area contributed by atoms with Crippen LogP contribution in [0, 0.1) is 5.41 Å². The number of carbonyl (C=O) groups excluding carboxylic acids is 1. The average Bonchev–Trinajstić information content (AvgIpc) is 2.42. The van der Waals surface area contributed by atoms with Crippen LogP contribution in [0.25, 0.3) is 0 Å². The molecule has 1 rings (SSSR count). The Labute approximate surface area is 140 Å². The highest BCUT2D eigenvalue weighted by atomic mass is 35.5. The average molecular weight is 380 g/mol. The van der Waals surface area contributed by atoms with Crippen LogP contribution in [-0.4, -0.2) is 13.1 Å². The third-order valence-corrected chi connectivity index (χ3v) is 3.51. The number of rotatable bonds is 3. The number of halogens is 7. The molecule has 0 radical (unpaired) electrons. The van der Waals surface area contributed by atoms with Gasteiger partial charge in [0.05, 0.1) is 23.7 Å². The van der Waals surface area contributed by atoms with Crippen molar-refractivity contribution in [3.8, 4) is 0 Å². The van der Waals surface area contributed by atoms with Crippen LogP contribution in [-0.2, 0) is 21.9 Å². The van der Waals surface area contributed by atoms with Crippen LogP contribution in [0.3, 0.4) is 0 Å². The second-order valence-corrected chi connectivity index (χ2v) is 5.49. The first-order valence-corrected chi connectivity index (χ1v) is 6.35. The maximum atomic E-state index is 13.1. The molecule has 0 spiro atoms. The fraction of sp³-hybridized carbons (Fsp3) is 0.500. The van der Waals surface area contributed by atoms with Gasteiger partial charge in [-0.2, -0.15) is 26.3 Å². The van der Waals surface area contributed by atoms with E-state index in [1.54, 1.807) is 0 Å². The zero-order valence-corrected chi connectivity index (χ0v) is 13.7. The van der Waals surface area contributed by atoms with Gasteiger partial charge in [0.2, 0.25) is 0 Å². The molecule has 0 amide bonds. The van der Waals surface area contributed by atoms with Crippen molar-refractivity contribution in [1.82, 2.24) is 0 Å². The zero-order valence-electron chi connectivity index (χ0n) is 12.9. The number of benzene rings is 1. The number of carbonyl (C=O) groups is 1. The monoisotopic (exact) mass is 379 g/mol. The first-order chi connectivity index (χ1) is 10.2. The minimum Gasteiger partial charge on any atom is -0.469 e. The van der Waals surface area contributed by atoms with Crippen molar-refractivity contribution in [3.05, 3.63) is 34.9 Å². The van der Waals surface area contributed by atoms with E-state index in [9.17, 15) is 31.1 Å². The van der Waals surface area contributed by atoms with Gasteiger partial charge >= 0.3 is 18.3 Å². The minimum atomic E-state index is -5.06. The van der Waals surface area contributed by atoms with E-state index in [-0.39, 0.29) is 18.5 Å². The molecule has 0 fully saturated rings. The molecule has 1 atom stereocenters. The van der Waals surface area contributed by atoms with Crippen LogP contribution in [0.2, 0.25) is 0 Å². The van der Waals surface area contributed by atoms with Gasteiger partial charge < -0.3 is 10.5 Å². The van der Waals surface area contributed by atoms with E-state index in [0.717, 1.165) is 7.11 Å². The van der Waals surface area contributed by atoms with Crippen LogP contribution < -0.4 is 5.73 Å². The first-order valence-electron chi connectivity index (χ1n) is 6.35. The SMILES string of the molecule is COC(=O)C(C)(C)[C@H](N)c1ccc(C(F)(F)F)cc1C(F)(F)F.Cl. The van der Waals surface area contributed by atoms with Crippen LogP contribution in [0.4, 0.5) is 26.3 Å². The zero-order chi connectivity index (χ0) is 18.2. The number of alkyl halides is 6. The second kappa shape index (κ2) is 7.18. The van der Waals surface area contributed by atoms with E-state index in [1.165, 1.54) is 13.8 Å². The summed E-state index contributed by atoms with van der Waals surface area (Å²) in [5, 5.41) is 0. The highest BCUT2D eigenvalue weighted by Crippen LogP contribution is 2.42. The number of hydrogen-bond donors (Lipinski definition) is 1. The Bertz CT molecular complexity index is 598. The lowest BCUT2D eigenvalue weighted by molar-refractivity contribution is -0.153. The largest absolute Gasteiger partial charge is 0.469 e. The van der Waals surface area contributed by atoms with Gasteiger partial charge in [-0.15, -0.1) is 12.4 Å². The summed E-state index contributed by atoms with van der Waals surface area (Å²) in [6.07, 6.45) is -9.99. The molecule has 0 aliphatic carbocycles. The molecule has 24 heavy (non-hydrogen) atoms. The maximum Gasteiger partial charge on any atom is 0.416 e. The Morgan fingerprint density at radius 3 is 1.96 bits per heavy atom. The normalized spacial score (nSPS) is 13.9. The summed E-state index contributed by atoms with van der Waals surface area (Å²) in [5.74, 6) is -0.877. The molecule has 2 N–H and O–H groups in total. The summed E-state index contributed by atoms with van der Waals surface area (Å²) in [6, 6.07) is -0.379. The van der Waals surface area contributed by atoms with Crippen molar-refractivity contribution in [2.75, 3.05) is 7.11 Å². The number of esters is 1. The fourth-order valence-electron chi connectivity index (χ4n) is 2.03. The summed E-state index contributed by atoms with van der Waals surface area (Å²) in [6.45, 7) is 2.50. The molecule has 1 aromatic rings.